The van der Waals surface area contributed by atoms with Crippen LogP contribution in [-0.2, 0) is 0 Å². The number of rotatable bonds is 16. The number of nitrogens with zero attached hydrogens (tertiary/aromatic N) is 16. The average molecular weight is 1560 g/mol. The van der Waals surface area contributed by atoms with E-state index in [1.807, 2.05) is 84.6 Å². The number of aryl methyl sites for hydroxylation is 4. The number of β-amino-alcohol motifs (C(OH)–C–C–N with tert-alkyl or cyclic N) is 2. The van der Waals surface area contributed by atoms with Gasteiger partial charge in [0, 0.05) is 52.4 Å². The van der Waals surface area contributed by atoms with Crippen LogP contribution in [0, 0.1) is 51.0 Å². The molecule has 4 amide bonds. The van der Waals surface area contributed by atoms with Crippen LogP contribution in [0.3, 0.4) is 0 Å². The Kier molecular flexibility index (Phi) is 23.6. The summed E-state index contributed by atoms with van der Waals surface area (Å²) in [4.78, 5) is 112. The molecule has 4 saturated heterocycles. The van der Waals surface area contributed by atoms with Gasteiger partial charge in [-0.2, -0.15) is 19.9 Å². The van der Waals surface area contributed by atoms with Crippen LogP contribution < -0.4 is 21.3 Å². The first-order valence-electron chi connectivity index (χ1n) is 35.5. The van der Waals surface area contributed by atoms with E-state index in [0.717, 1.165) is 87.7 Å². The van der Waals surface area contributed by atoms with Crippen LogP contribution in [-0.4, -0.2) is 178 Å². The van der Waals surface area contributed by atoms with Crippen molar-refractivity contribution in [3.8, 4) is 0 Å². The van der Waals surface area contributed by atoms with Crippen molar-refractivity contribution in [1.29, 1.82) is 0 Å². The SMILES string of the molecule is Cc1nc2nc(N[C@@H](C)c3cccc(F)c3)nc(C(=O)N3CCC3)c2s1.Cc1nc2nc(N[C@@H](C)c3cccc(F)c3)nc(C(=O)N3CCCC3)c2s1.Cc1nc2nc(N[C@@H](C)c3cccc(F)c3)nc(C(=O)N3CC[C@@H](O)C3)c2s1.Cc1nc2nc(N[C@@H](C)c3cccc(F)c3)nc(C(=O)N3CC[C@H](O)C3)c2s1. The maximum Gasteiger partial charge on any atom is 0.274 e. The number of thiazole rings is 4. The fourth-order valence-electron chi connectivity index (χ4n) is 12.7. The zero-order valence-electron chi connectivity index (χ0n) is 60.7. The minimum Gasteiger partial charge on any atom is -0.391 e. The molecule has 109 heavy (non-hydrogen) atoms. The van der Waals surface area contributed by atoms with Crippen molar-refractivity contribution in [3.05, 3.63) is 185 Å². The highest BCUT2D eigenvalue weighted by Gasteiger charge is 2.33. The molecule has 6 atom stereocenters. The number of aromatic nitrogens is 12. The molecule has 8 aromatic heterocycles. The molecule has 0 aliphatic carbocycles. The van der Waals surface area contributed by atoms with Crippen LogP contribution >= 0.6 is 45.3 Å². The lowest BCUT2D eigenvalue weighted by molar-refractivity contribution is 0.0647. The Bertz CT molecular complexity index is 5200. The average Bonchev–Trinajstić information content (AvgIpc) is 1.69. The minimum absolute atomic E-state index is 0.0787. The highest BCUT2D eigenvalue weighted by atomic mass is 32.1. The summed E-state index contributed by atoms with van der Waals surface area (Å²) in [5.74, 6) is -0.705. The molecular formula is C75H78F4N20O6S4. The Morgan fingerprint density at radius 1 is 0.367 bits per heavy atom. The molecule has 4 aliphatic rings. The molecule has 16 rings (SSSR count). The maximum atomic E-state index is 13.5. The minimum atomic E-state index is -0.505. The van der Waals surface area contributed by atoms with E-state index in [9.17, 15) is 47.0 Å². The predicted octanol–water partition coefficient (Wildman–Crippen LogP) is 13.3. The highest BCUT2D eigenvalue weighted by molar-refractivity contribution is 7.19. The molecule has 0 unspecified atom stereocenters. The van der Waals surface area contributed by atoms with Gasteiger partial charge in [0.05, 0.1) is 56.4 Å². The molecule has 0 bridgehead atoms. The van der Waals surface area contributed by atoms with E-state index in [1.54, 1.807) is 39.0 Å². The van der Waals surface area contributed by atoms with Gasteiger partial charge in [-0.15, -0.1) is 45.3 Å². The molecule has 34 heteroatoms. The summed E-state index contributed by atoms with van der Waals surface area (Å²) in [7, 11) is 0. The normalized spacial score (nSPS) is 16.5. The Hall–Kier alpha value is -10.5. The third kappa shape index (κ3) is 18.3. The van der Waals surface area contributed by atoms with Gasteiger partial charge in [-0.1, -0.05) is 48.5 Å². The van der Waals surface area contributed by atoms with Crippen molar-refractivity contribution in [2.75, 3.05) is 73.6 Å². The summed E-state index contributed by atoms with van der Waals surface area (Å²) >= 11 is 5.59. The number of likely N-dealkylation sites (tertiary alicyclic amines) is 4. The number of hydrogen-bond acceptors (Lipinski definition) is 26. The van der Waals surface area contributed by atoms with Gasteiger partial charge in [-0.25, -0.2) is 57.4 Å². The van der Waals surface area contributed by atoms with Gasteiger partial charge in [0.15, 0.2) is 45.4 Å². The largest absolute Gasteiger partial charge is 0.391 e. The van der Waals surface area contributed by atoms with Gasteiger partial charge < -0.3 is 51.1 Å². The first kappa shape index (κ1) is 76.7. The lowest BCUT2D eigenvalue weighted by atomic mass is 10.1. The Labute approximate surface area is 639 Å². The molecule has 12 aromatic rings. The summed E-state index contributed by atoms with van der Waals surface area (Å²) in [5.41, 5.74) is 6.31. The summed E-state index contributed by atoms with van der Waals surface area (Å²) in [5, 5.41) is 35.4. The number of fused-ring (bicyclic) bond motifs is 4. The third-order valence-corrected chi connectivity index (χ3v) is 22.3. The van der Waals surface area contributed by atoms with E-state index in [2.05, 4.69) is 81.1 Å². The van der Waals surface area contributed by atoms with E-state index in [1.165, 1.54) is 93.9 Å². The van der Waals surface area contributed by atoms with Gasteiger partial charge in [0.2, 0.25) is 23.8 Å². The molecule has 4 fully saturated rings. The van der Waals surface area contributed by atoms with Crippen LogP contribution in [0.5, 0.6) is 0 Å². The van der Waals surface area contributed by atoms with E-state index in [-0.39, 0.29) is 94.3 Å². The standard InChI is InChI=1S/2C19H20FN5O2S.C19H20FN5OS.C18H18FN5OS/c2*1-10(12-4-3-5-13(20)8-12)21-19-23-15(16-17(24-19)22-11(2)28-16)18(27)25-7-6-14(26)9-25;1-11(13-6-5-7-14(20)10-13)21-19-23-15(18(26)25-8-3-4-9-25)16-17(24-19)22-12(2)27-16;1-10(12-5-3-6-13(19)9-12)20-18-22-14(17(25)24-7-4-8-24)15-16(23-18)21-11(2)26-15/h2*3-5,8,10,14,26H,6-7,9H2,1-2H3,(H,21,23,24);5-7,10-11H,3-4,8-9H2,1-2H3,(H,21,23,24);3,5-6,9-10H,4,7-8H2,1-2H3,(H,20,22,23)/t10-,14+;10-,14-;11-;10-/m0000/s1. The molecular weight excluding hydrogens is 1480 g/mol. The second-order valence-electron chi connectivity index (χ2n) is 26.8. The van der Waals surface area contributed by atoms with Crippen LogP contribution in [0.2, 0.25) is 0 Å². The molecule has 0 saturated carbocycles. The molecule has 12 heterocycles. The number of carbonyl (C=O) groups is 4. The molecule has 566 valence electrons. The number of carbonyl (C=O) groups excluding carboxylic acids is 4. The van der Waals surface area contributed by atoms with E-state index < -0.39 is 12.2 Å². The first-order chi connectivity index (χ1) is 52.3. The fourth-order valence-corrected chi connectivity index (χ4v) is 16.0. The number of halogens is 4. The van der Waals surface area contributed by atoms with Crippen molar-refractivity contribution in [2.24, 2.45) is 0 Å². The predicted molar refractivity (Wildman–Crippen MR) is 412 cm³/mol. The number of aliphatic hydroxyl groups excluding tert-OH is 2. The summed E-state index contributed by atoms with van der Waals surface area (Å²) in [6, 6.07) is 24.4. The Morgan fingerprint density at radius 3 is 0.835 bits per heavy atom. The van der Waals surface area contributed by atoms with Gasteiger partial charge in [-0.3, -0.25) is 19.2 Å². The monoisotopic (exact) mass is 1560 g/mol. The fraction of sp³-hybridized carbons (Fsp3) is 0.360. The van der Waals surface area contributed by atoms with Gasteiger partial charge in [0.1, 0.15) is 42.1 Å². The van der Waals surface area contributed by atoms with Crippen molar-refractivity contribution in [2.45, 2.75) is 124 Å². The summed E-state index contributed by atoms with van der Waals surface area (Å²) in [6.07, 6.45) is 3.16. The van der Waals surface area contributed by atoms with Gasteiger partial charge in [-0.05, 0) is 158 Å². The molecule has 6 N–H and O–H groups in total. The van der Waals surface area contributed by atoms with Crippen molar-refractivity contribution >= 4 is 134 Å². The number of nitrogens with one attached hydrogen (secondary N) is 4. The van der Waals surface area contributed by atoms with Crippen LogP contribution in [0.15, 0.2) is 97.1 Å². The van der Waals surface area contributed by atoms with Crippen molar-refractivity contribution in [3.63, 3.8) is 0 Å². The lowest BCUT2D eigenvalue weighted by Crippen LogP contribution is -2.42. The molecule has 0 radical (unpaired) electrons. The quantitative estimate of drug-likeness (QED) is 0.0490. The summed E-state index contributed by atoms with van der Waals surface area (Å²) in [6.45, 7) is 19.6. The smallest absolute Gasteiger partial charge is 0.274 e. The van der Waals surface area contributed by atoms with Crippen LogP contribution in [0.25, 0.3) is 41.4 Å². The third-order valence-electron chi connectivity index (χ3n) is 18.5. The lowest BCUT2D eigenvalue weighted by Gasteiger charge is -2.30. The molecule has 0 spiro atoms. The topological polar surface area (TPSA) is 324 Å². The molecule has 4 aliphatic heterocycles. The first-order valence-corrected chi connectivity index (χ1v) is 38.8. The van der Waals surface area contributed by atoms with E-state index in [0.29, 0.717) is 104 Å². The number of hydrogen-bond donors (Lipinski definition) is 6. The van der Waals surface area contributed by atoms with E-state index in [4.69, 9.17) is 0 Å². The zero-order chi connectivity index (χ0) is 76.9. The van der Waals surface area contributed by atoms with Crippen molar-refractivity contribution < 1.29 is 47.0 Å². The number of anilines is 4. The summed E-state index contributed by atoms with van der Waals surface area (Å²) < 4.78 is 56.7. The van der Waals surface area contributed by atoms with Crippen molar-refractivity contribution in [1.82, 2.24) is 79.4 Å². The maximum absolute atomic E-state index is 13.5. The molecule has 26 nitrogen and oxygen atoms in total. The second kappa shape index (κ2) is 33.5. The number of aliphatic hydroxyl groups is 2. The highest BCUT2D eigenvalue weighted by Crippen LogP contribution is 2.34. The van der Waals surface area contributed by atoms with Crippen LogP contribution in [0.1, 0.15) is 168 Å². The van der Waals surface area contributed by atoms with Gasteiger partial charge >= 0.3 is 0 Å². The van der Waals surface area contributed by atoms with Gasteiger partial charge in [0.25, 0.3) is 23.6 Å². The Balaban J connectivity index is 0.000000128. The zero-order valence-corrected chi connectivity index (χ0v) is 64.0. The van der Waals surface area contributed by atoms with E-state index >= 15 is 0 Å². The second-order valence-corrected chi connectivity index (χ2v) is 31.7. The molecule has 4 aromatic carbocycles. The number of benzene rings is 4. The van der Waals surface area contributed by atoms with Crippen LogP contribution in [0.4, 0.5) is 41.4 Å². The number of amides is 4. The Morgan fingerprint density at radius 2 is 0.615 bits per heavy atom.